The topological polar surface area (TPSA) is 51.7 Å². The lowest BCUT2D eigenvalue weighted by molar-refractivity contribution is -0.106. The zero-order valence-electron chi connectivity index (χ0n) is 11.8. The summed E-state index contributed by atoms with van der Waals surface area (Å²) in [6.07, 6.45) is 5.15. The molecule has 1 aromatic rings. The number of carbonyl (C=O) groups is 1. The Bertz CT molecular complexity index is 500. The van der Waals surface area contributed by atoms with E-state index in [0.717, 1.165) is 31.7 Å². The van der Waals surface area contributed by atoms with Gasteiger partial charge in [0.05, 0.1) is 18.8 Å². The van der Waals surface area contributed by atoms with E-state index < -0.39 is 0 Å². The predicted octanol–water partition coefficient (Wildman–Crippen LogP) is 2.02. The molecule has 2 fully saturated rings. The number of aromatic nitrogens is 1. The monoisotopic (exact) mass is 276 g/mol. The molecule has 0 N–H and O–H groups in total. The number of anilines is 1. The van der Waals surface area contributed by atoms with Crippen LogP contribution in [0.3, 0.4) is 0 Å². The number of ether oxygens (including phenoxy) is 2. The van der Waals surface area contributed by atoms with Crippen molar-refractivity contribution in [2.75, 3.05) is 31.2 Å². The predicted molar refractivity (Wildman–Crippen MR) is 74.9 cm³/mol. The second-order valence-electron chi connectivity index (χ2n) is 5.40. The van der Waals surface area contributed by atoms with E-state index in [-0.39, 0.29) is 11.6 Å². The Balaban J connectivity index is 1.84. The van der Waals surface area contributed by atoms with Gasteiger partial charge in [0, 0.05) is 19.3 Å². The molecule has 0 aromatic carbocycles. The maximum absolute atomic E-state index is 12.0. The number of nitrogens with zero attached hydrogens (tertiary/aromatic N) is 2. The van der Waals surface area contributed by atoms with Crippen LogP contribution in [0.1, 0.15) is 36.5 Å². The van der Waals surface area contributed by atoms with Gasteiger partial charge in [0.25, 0.3) is 0 Å². The fourth-order valence-corrected chi connectivity index (χ4v) is 2.92. The van der Waals surface area contributed by atoms with Crippen molar-refractivity contribution in [3.8, 4) is 0 Å². The second-order valence-corrected chi connectivity index (χ2v) is 5.40. The smallest absolute Gasteiger partial charge is 0.341 e. The van der Waals surface area contributed by atoms with E-state index in [4.69, 9.17) is 9.47 Å². The van der Waals surface area contributed by atoms with Crippen LogP contribution in [-0.4, -0.2) is 42.9 Å². The summed E-state index contributed by atoms with van der Waals surface area (Å²) >= 11 is 0. The van der Waals surface area contributed by atoms with Gasteiger partial charge in [-0.1, -0.05) is 0 Å². The molecule has 1 aliphatic heterocycles. The molecule has 20 heavy (non-hydrogen) atoms. The minimum Gasteiger partial charge on any atom is -0.462 e. The summed E-state index contributed by atoms with van der Waals surface area (Å²) < 4.78 is 11.0. The Morgan fingerprint density at radius 3 is 3.10 bits per heavy atom. The van der Waals surface area contributed by atoms with Crippen LogP contribution in [-0.2, 0) is 9.47 Å². The Morgan fingerprint density at radius 2 is 2.40 bits per heavy atom. The third kappa shape index (κ3) is 2.38. The molecule has 0 bridgehead atoms. The largest absolute Gasteiger partial charge is 0.462 e. The molecular weight excluding hydrogens is 256 g/mol. The molecule has 1 saturated heterocycles. The Labute approximate surface area is 118 Å². The van der Waals surface area contributed by atoms with Crippen molar-refractivity contribution in [2.24, 2.45) is 0 Å². The van der Waals surface area contributed by atoms with E-state index in [1.165, 1.54) is 6.42 Å². The third-order valence-corrected chi connectivity index (χ3v) is 4.09. The molecule has 5 heteroatoms. The lowest BCUT2D eigenvalue weighted by Gasteiger charge is -2.48. The summed E-state index contributed by atoms with van der Waals surface area (Å²) in [4.78, 5) is 18.6. The highest BCUT2D eigenvalue weighted by atomic mass is 16.5. The molecule has 0 atom stereocenters. The number of hydrogen-bond donors (Lipinski definition) is 0. The fourth-order valence-electron chi connectivity index (χ4n) is 2.92. The summed E-state index contributed by atoms with van der Waals surface area (Å²) in [5.74, 6) is 0.422. The molecule has 3 rings (SSSR count). The van der Waals surface area contributed by atoms with Crippen molar-refractivity contribution in [3.05, 3.63) is 23.9 Å². The average Bonchev–Trinajstić information content (AvgIpc) is 2.46. The molecule has 2 aliphatic rings. The van der Waals surface area contributed by atoms with Crippen molar-refractivity contribution < 1.29 is 14.3 Å². The summed E-state index contributed by atoms with van der Waals surface area (Å²) in [5.41, 5.74) is 0.535. The van der Waals surface area contributed by atoms with Crippen LogP contribution >= 0.6 is 0 Å². The third-order valence-electron chi connectivity index (χ3n) is 4.09. The van der Waals surface area contributed by atoms with Crippen LogP contribution in [0, 0.1) is 0 Å². The molecule has 0 radical (unpaired) electrons. The average molecular weight is 276 g/mol. The van der Waals surface area contributed by atoms with Crippen LogP contribution in [0.5, 0.6) is 0 Å². The first-order valence-corrected chi connectivity index (χ1v) is 7.25. The Morgan fingerprint density at radius 1 is 1.55 bits per heavy atom. The molecule has 1 aliphatic carbocycles. The van der Waals surface area contributed by atoms with E-state index >= 15 is 0 Å². The van der Waals surface area contributed by atoms with E-state index in [0.29, 0.717) is 18.8 Å². The summed E-state index contributed by atoms with van der Waals surface area (Å²) in [5, 5.41) is 0. The van der Waals surface area contributed by atoms with Crippen molar-refractivity contribution in [2.45, 2.75) is 31.8 Å². The molecule has 2 heterocycles. The van der Waals surface area contributed by atoms with Gasteiger partial charge in [0.15, 0.2) is 0 Å². The van der Waals surface area contributed by atoms with E-state index in [1.54, 1.807) is 18.3 Å². The van der Waals surface area contributed by atoms with Gasteiger partial charge in [0.1, 0.15) is 11.4 Å². The Hall–Kier alpha value is -1.62. The number of hydrogen-bond acceptors (Lipinski definition) is 5. The van der Waals surface area contributed by atoms with Gasteiger partial charge in [-0.2, -0.15) is 0 Å². The van der Waals surface area contributed by atoms with Crippen molar-refractivity contribution >= 4 is 11.8 Å². The van der Waals surface area contributed by atoms with Gasteiger partial charge in [-0.3, -0.25) is 0 Å². The molecule has 108 valence electrons. The van der Waals surface area contributed by atoms with Crippen LogP contribution < -0.4 is 4.90 Å². The summed E-state index contributed by atoms with van der Waals surface area (Å²) in [6.45, 7) is 4.46. The highest BCUT2D eigenvalue weighted by Gasteiger charge is 2.42. The molecule has 1 spiro atoms. The zero-order chi connectivity index (χ0) is 14.0. The first kappa shape index (κ1) is 13.4. The quantitative estimate of drug-likeness (QED) is 0.791. The number of morpholine rings is 1. The van der Waals surface area contributed by atoms with Gasteiger partial charge >= 0.3 is 5.97 Å². The lowest BCUT2D eigenvalue weighted by atomic mass is 9.79. The molecule has 0 unspecified atom stereocenters. The van der Waals surface area contributed by atoms with Gasteiger partial charge in [-0.05, 0) is 38.3 Å². The maximum atomic E-state index is 12.0. The highest BCUT2D eigenvalue weighted by molar-refractivity contribution is 5.94. The van der Waals surface area contributed by atoms with Crippen LogP contribution in [0.25, 0.3) is 0 Å². The molecule has 1 saturated carbocycles. The summed E-state index contributed by atoms with van der Waals surface area (Å²) in [6, 6.07) is 3.55. The first-order valence-electron chi connectivity index (χ1n) is 7.25. The zero-order valence-corrected chi connectivity index (χ0v) is 11.8. The van der Waals surface area contributed by atoms with Crippen molar-refractivity contribution in [1.29, 1.82) is 0 Å². The van der Waals surface area contributed by atoms with Gasteiger partial charge in [-0.25, -0.2) is 9.78 Å². The molecule has 0 amide bonds. The number of pyridine rings is 1. The van der Waals surface area contributed by atoms with E-state index in [9.17, 15) is 4.79 Å². The molecule has 1 aromatic heterocycles. The van der Waals surface area contributed by atoms with E-state index in [2.05, 4.69) is 9.88 Å². The van der Waals surface area contributed by atoms with Gasteiger partial charge in [0.2, 0.25) is 0 Å². The standard InChI is InChI=1S/C15H20N2O3/c1-2-19-14(18)12-5-3-8-16-13(12)17-9-10-20-15(11-17)6-4-7-15/h3,5,8H,2,4,6-7,9-11H2,1H3. The normalized spacial score (nSPS) is 20.6. The van der Waals surface area contributed by atoms with Gasteiger partial charge < -0.3 is 14.4 Å². The molecular formula is C15H20N2O3. The minimum absolute atomic E-state index is 0.0122. The summed E-state index contributed by atoms with van der Waals surface area (Å²) in [7, 11) is 0. The van der Waals surface area contributed by atoms with Gasteiger partial charge in [-0.15, -0.1) is 0 Å². The van der Waals surface area contributed by atoms with E-state index in [1.807, 2.05) is 6.92 Å². The maximum Gasteiger partial charge on any atom is 0.341 e. The second kappa shape index (κ2) is 5.40. The number of esters is 1. The fraction of sp³-hybridized carbons (Fsp3) is 0.600. The van der Waals surface area contributed by atoms with Crippen molar-refractivity contribution in [3.63, 3.8) is 0 Å². The van der Waals surface area contributed by atoms with Crippen LogP contribution in [0.15, 0.2) is 18.3 Å². The lowest BCUT2D eigenvalue weighted by Crippen LogP contribution is -2.56. The SMILES string of the molecule is CCOC(=O)c1cccnc1N1CCOC2(CCC2)C1. The highest BCUT2D eigenvalue weighted by Crippen LogP contribution is 2.39. The minimum atomic E-state index is -0.301. The Kier molecular flexibility index (Phi) is 3.61. The number of carbonyl (C=O) groups excluding carboxylic acids is 1. The molecule has 5 nitrogen and oxygen atoms in total. The first-order chi connectivity index (χ1) is 9.74. The van der Waals surface area contributed by atoms with Crippen molar-refractivity contribution in [1.82, 2.24) is 4.98 Å². The number of rotatable bonds is 3. The van der Waals surface area contributed by atoms with Crippen LogP contribution in [0.2, 0.25) is 0 Å². The van der Waals surface area contributed by atoms with Crippen LogP contribution in [0.4, 0.5) is 5.82 Å².